The van der Waals surface area contributed by atoms with Crippen LogP contribution in [0, 0.1) is 25.7 Å². The summed E-state index contributed by atoms with van der Waals surface area (Å²) >= 11 is 12.3. The van der Waals surface area contributed by atoms with E-state index < -0.39 is 0 Å². The second kappa shape index (κ2) is 25.6. The number of halogens is 2. The van der Waals surface area contributed by atoms with Gasteiger partial charge in [-0.25, -0.2) is 4.98 Å². The van der Waals surface area contributed by atoms with Gasteiger partial charge >= 0.3 is 0 Å². The molecule has 0 saturated carbocycles. The van der Waals surface area contributed by atoms with Crippen LogP contribution in [0.5, 0.6) is 5.75 Å². The van der Waals surface area contributed by atoms with Gasteiger partial charge in [-0.1, -0.05) is 114 Å². The highest BCUT2D eigenvalue weighted by Gasteiger charge is 2.24. The van der Waals surface area contributed by atoms with E-state index in [1.54, 1.807) is 7.11 Å². The van der Waals surface area contributed by atoms with Crippen molar-refractivity contribution in [3.63, 3.8) is 0 Å². The number of aromatic nitrogens is 2. The molecule has 1 aliphatic heterocycles. The number of amides is 1. The molecule has 9 heteroatoms. The first-order valence-electron chi connectivity index (χ1n) is 19.9. The first-order chi connectivity index (χ1) is 25.8. The van der Waals surface area contributed by atoms with Crippen LogP contribution in [-0.2, 0) is 13.0 Å². The number of nitrogens with zero attached hydrogens (tertiary/aromatic N) is 4. The molecular weight excluding hydrogens is 776 g/mol. The van der Waals surface area contributed by atoms with Crippen LogP contribution in [0.25, 0.3) is 5.65 Å². The van der Waals surface area contributed by atoms with Crippen LogP contribution in [0.1, 0.15) is 120 Å². The first kappa shape index (κ1) is 47.6. The summed E-state index contributed by atoms with van der Waals surface area (Å²) in [7, 11) is 1.68. The smallest absolute Gasteiger partial charge is 0.255 e. The standard InChI is InChI=1S/C30H33BrClN3O2.C6H13NS.C5H12.C4H10/c1-19(2)13-15-34(30(36)24-11-9-20(3)21(4)29(24)32)18-25-26(35-14-7-6-8-28(35)33-25)17-22-16-23(31)10-12-27(22)37-5;1-2-7-3-5-8-6-4-7;1-4-5(2)3;1-3-4-2/h6-12,14,16,19H,13,15,17-18H2,1-5H3;2-6H2,1H3;5H,4H2,1-3H3;3-4H2,1-2H3. The summed E-state index contributed by atoms with van der Waals surface area (Å²) in [5.74, 6) is 4.76. The molecular formula is C45H68BrClN4O2S. The van der Waals surface area contributed by atoms with Crippen LogP contribution in [0.15, 0.2) is 59.2 Å². The van der Waals surface area contributed by atoms with Gasteiger partial charge in [0.05, 0.1) is 35.6 Å². The van der Waals surface area contributed by atoms with Crippen LogP contribution >= 0.6 is 39.3 Å². The fourth-order valence-electron chi connectivity index (χ4n) is 5.36. The number of ether oxygens (including phenoxy) is 1. The Balaban J connectivity index is 0.000000489. The molecule has 1 fully saturated rings. The second-order valence-corrected chi connectivity index (χ2v) is 17.2. The number of carbonyl (C=O) groups excluding carboxylic acids is 1. The molecule has 5 rings (SSSR count). The number of fused-ring (bicyclic) bond motifs is 1. The molecule has 300 valence electrons. The van der Waals surface area contributed by atoms with Gasteiger partial charge in [-0.3, -0.25) is 4.79 Å². The average Bonchev–Trinajstić information content (AvgIpc) is 3.52. The lowest BCUT2D eigenvalue weighted by Crippen LogP contribution is -2.33. The van der Waals surface area contributed by atoms with Gasteiger partial charge in [0.15, 0.2) is 0 Å². The van der Waals surface area contributed by atoms with Gasteiger partial charge in [-0.05, 0) is 86.2 Å². The number of aryl methyl sites for hydroxylation is 1. The quantitative estimate of drug-likeness (QED) is 0.142. The predicted octanol–water partition coefficient (Wildman–Crippen LogP) is 12.6. The first-order valence-corrected chi connectivity index (χ1v) is 22.3. The molecule has 0 N–H and O–H groups in total. The Morgan fingerprint density at radius 1 is 0.981 bits per heavy atom. The molecule has 1 amide bonds. The van der Waals surface area contributed by atoms with Crippen molar-refractivity contribution in [2.75, 3.05) is 44.8 Å². The van der Waals surface area contributed by atoms with Crippen molar-refractivity contribution in [2.45, 2.75) is 108 Å². The average molecular weight is 844 g/mol. The molecule has 2 aromatic heterocycles. The molecule has 54 heavy (non-hydrogen) atoms. The molecule has 4 aromatic rings. The maximum atomic E-state index is 13.9. The Morgan fingerprint density at radius 2 is 1.65 bits per heavy atom. The van der Waals surface area contributed by atoms with Gasteiger partial charge in [0, 0.05) is 53.8 Å². The van der Waals surface area contributed by atoms with E-state index in [1.807, 2.05) is 67.4 Å². The van der Waals surface area contributed by atoms with Crippen molar-refractivity contribution in [1.29, 1.82) is 0 Å². The van der Waals surface area contributed by atoms with Gasteiger partial charge < -0.3 is 18.9 Å². The minimum absolute atomic E-state index is 0.0724. The maximum Gasteiger partial charge on any atom is 0.255 e. The summed E-state index contributed by atoms with van der Waals surface area (Å²) in [6, 6.07) is 15.8. The minimum atomic E-state index is -0.0724. The number of carbonyl (C=O) groups is 1. The Bertz CT molecular complexity index is 1680. The van der Waals surface area contributed by atoms with Gasteiger partial charge in [-0.2, -0.15) is 11.8 Å². The molecule has 3 heterocycles. The third-order valence-electron chi connectivity index (χ3n) is 9.67. The SMILES string of the molecule is CCC(C)C.CCCC.CCN1CCSCC1.COc1ccc(Br)cc1Cc1c(CN(CCC(C)C)C(=O)c2ccc(C)c(C)c2Cl)nc2ccccn12. The van der Waals surface area contributed by atoms with Crippen LogP contribution in [-0.4, -0.2) is 69.9 Å². The van der Waals surface area contributed by atoms with Gasteiger partial charge in [-0.15, -0.1) is 0 Å². The topological polar surface area (TPSA) is 50.1 Å². The van der Waals surface area contributed by atoms with Gasteiger partial charge in [0.2, 0.25) is 0 Å². The van der Waals surface area contributed by atoms with E-state index >= 15 is 0 Å². The molecule has 0 radical (unpaired) electrons. The zero-order valence-corrected chi connectivity index (χ0v) is 38.3. The fraction of sp³-hybridized carbons (Fsp3) is 0.556. The maximum absolute atomic E-state index is 13.9. The number of thioether (sulfide) groups is 1. The summed E-state index contributed by atoms with van der Waals surface area (Å²) in [6.45, 7) is 26.4. The van der Waals surface area contributed by atoms with E-state index in [-0.39, 0.29) is 5.91 Å². The largest absolute Gasteiger partial charge is 0.496 e. The Hall–Kier alpha value is -2.52. The number of benzene rings is 2. The van der Waals surface area contributed by atoms with E-state index in [4.69, 9.17) is 21.3 Å². The second-order valence-electron chi connectivity index (χ2n) is 14.7. The highest BCUT2D eigenvalue weighted by Crippen LogP contribution is 2.29. The number of hydrogen-bond donors (Lipinski definition) is 0. The molecule has 0 bridgehead atoms. The zero-order valence-electron chi connectivity index (χ0n) is 35.1. The molecule has 1 saturated heterocycles. The van der Waals surface area contributed by atoms with Gasteiger partial charge in [0.1, 0.15) is 11.4 Å². The van der Waals surface area contributed by atoms with Crippen molar-refractivity contribution in [3.05, 3.63) is 97.9 Å². The molecule has 0 aliphatic carbocycles. The van der Waals surface area contributed by atoms with Crippen LogP contribution in [0.2, 0.25) is 5.02 Å². The lowest BCUT2D eigenvalue weighted by Gasteiger charge is -2.24. The third-order valence-corrected chi connectivity index (χ3v) is 11.6. The summed E-state index contributed by atoms with van der Waals surface area (Å²) in [4.78, 5) is 23.2. The van der Waals surface area contributed by atoms with Crippen molar-refractivity contribution < 1.29 is 9.53 Å². The summed E-state index contributed by atoms with van der Waals surface area (Å²) < 4.78 is 8.73. The number of unbranched alkanes of at least 4 members (excludes halogenated alkanes) is 1. The number of methoxy groups -OCH3 is 1. The molecule has 2 aromatic carbocycles. The summed E-state index contributed by atoms with van der Waals surface area (Å²) in [5, 5.41) is 0.522. The van der Waals surface area contributed by atoms with E-state index in [1.165, 1.54) is 50.4 Å². The van der Waals surface area contributed by atoms with Gasteiger partial charge in [0.25, 0.3) is 5.91 Å². The lowest BCUT2D eigenvalue weighted by molar-refractivity contribution is 0.0733. The van der Waals surface area contributed by atoms with E-state index in [9.17, 15) is 4.79 Å². The van der Waals surface area contributed by atoms with Crippen LogP contribution in [0.3, 0.4) is 0 Å². The Morgan fingerprint density at radius 3 is 2.20 bits per heavy atom. The zero-order chi connectivity index (χ0) is 40.2. The Labute approximate surface area is 345 Å². The lowest BCUT2D eigenvalue weighted by atomic mass is 10.0. The number of imidazole rings is 1. The Kier molecular flexibility index (Phi) is 22.6. The van der Waals surface area contributed by atoms with E-state index in [0.717, 1.165) is 56.3 Å². The normalized spacial score (nSPS) is 12.7. The van der Waals surface area contributed by atoms with Crippen molar-refractivity contribution in [3.8, 4) is 5.75 Å². The third kappa shape index (κ3) is 15.5. The monoisotopic (exact) mass is 842 g/mol. The van der Waals surface area contributed by atoms with Crippen LogP contribution < -0.4 is 4.74 Å². The van der Waals surface area contributed by atoms with Crippen LogP contribution in [0.4, 0.5) is 0 Å². The van der Waals surface area contributed by atoms with Crippen molar-refractivity contribution in [2.24, 2.45) is 11.8 Å². The van der Waals surface area contributed by atoms with Crippen molar-refractivity contribution in [1.82, 2.24) is 19.2 Å². The van der Waals surface area contributed by atoms with Crippen molar-refractivity contribution >= 4 is 50.8 Å². The van der Waals surface area contributed by atoms with E-state index in [0.29, 0.717) is 36.0 Å². The fourth-order valence-corrected chi connectivity index (χ4v) is 7.04. The predicted molar refractivity (Wildman–Crippen MR) is 239 cm³/mol. The molecule has 0 atom stereocenters. The number of hydrogen-bond acceptors (Lipinski definition) is 5. The molecule has 6 nitrogen and oxygen atoms in total. The number of rotatable bonds is 12. The molecule has 0 spiro atoms. The number of pyridine rings is 1. The highest BCUT2D eigenvalue weighted by molar-refractivity contribution is 9.10. The molecule has 0 unspecified atom stereocenters. The summed E-state index contributed by atoms with van der Waals surface area (Å²) in [6.07, 6.45) is 7.46. The molecule has 1 aliphatic rings. The minimum Gasteiger partial charge on any atom is -0.496 e. The summed E-state index contributed by atoms with van der Waals surface area (Å²) in [5.41, 5.74) is 6.33. The highest BCUT2D eigenvalue weighted by atomic mass is 79.9. The van der Waals surface area contributed by atoms with E-state index in [2.05, 4.69) is 98.4 Å².